The molecule has 1 aromatic carbocycles. The van der Waals surface area contributed by atoms with Gasteiger partial charge in [-0.05, 0) is 25.1 Å². The third-order valence-electron chi connectivity index (χ3n) is 2.07. The minimum atomic E-state index is -1.14. The number of rotatable bonds is 3. The van der Waals surface area contributed by atoms with E-state index in [0.29, 0.717) is 10.2 Å². The largest absolute Gasteiger partial charge is 0.480 e. The zero-order valence-corrected chi connectivity index (χ0v) is 11.0. The van der Waals surface area contributed by atoms with Gasteiger partial charge in [-0.3, -0.25) is 4.79 Å². The quantitative estimate of drug-likeness (QED) is 0.793. The molecule has 0 aliphatic heterocycles. The van der Waals surface area contributed by atoms with Crippen molar-refractivity contribution in [2.45, 2.75) is 13.0 Å². The van der Waals surface area contributed by atoms with Crippen LogP contribution in [0.25, 0.3) is 0 Å². The fourth-order valence-electron chi connectivity index (χ4n) is 1.13. The molecule has 0 fully saturated rings. The fourth-order valence-corrected chi connectivity index (χ4v) is 1.50. The van der Waals surface area contributed by atoms with Crippen LogP contribution in [0.4, 0.5) is 10.5 Å². The highest BCUT2D eigenvalue weighted by atomic mass is 79.9. The van der Waals surface area contributed by atoms with Gasteiger partial charge in [0.1, 0.15) is 12.1 Å². The summed E-state index contributed by atoms with van der Waals surface area (Å²) in [7, 11) is 0. The summed E-state index contributed by atoms with van der Waals surface area (Å²) in [6.07, 6.45) is 0. The van der Waals surface area contributed by atoms with E-state index in [1.807, 2.05) is 6.07 Å². The van der Waals surface area contributed by atoms with Crippen molar-refractivity contribution >= 4 is 33.6 Å². The summed E-state index contributed by atoms with van der Waals surface area (Å²) < 4.78 is 0.712. The topological polar surface area (TPSA) is 102 Å². The first-order valence-electron chi connectivity index (χ1n) is 4.94. The highest BCUT2D eigenvalue weighted by molar-refractivity contribution is 9.10. The maximum Gasteiger partial charge on any atom is 0.325 e. The lowest BCUT2D eigenvalue weighted by Crippen LogP contribution is -2.40. The van der Waals surface area contributed by atoms with Gasteiger partial charge in [0, 0.05) is 4.47 Å². The van der Waals surface area contributed by atoms with Gasteiger partial charge in [0.25, 0.3) is 0 Å². The van der Waals surface area contributed by atoms with Gasteiger partial charge in [0.05, 0.1) is 11.3 Å². The van der Waals surface area contributed by atoms with Crippen LogP contribution >= 0.6 is 15.9 Å². The van der Waals surface area contributed by atoms with Crippen LogP contribution in [0.5, 0.6) is 0 Å². The number of nitriles is 1. The number of benzene rings is 1. The van der Waals surface area contributed by atoms with E-state index in [1.54, 1.807) is 18.2 Å². The number of aliphatic carboxylic acids is 1. The lowest BCUT2D eigenvalue weighted by Gasteiger charge is -2.11. The summed E-state index contributed by atoms with van der Waals surface area (Å²) >= 11 is 3.21. The van der Waals surface area contributed by atoms with Crippen molar-refractivity contribution < 1.29 is 14.7 Å². The van der Waals surface area contributed by atoms with Gasteiger partial charge in [0.2, 0.25) is 0 Å². The molecule has 18 heavy (non-hydrogen) atoms. The van der Waals surface area contributed by atoms with E-state index in [4.69, 9.17) is 10.4 Å². The standard InChI is InChI=1S/C11H10BrN3O3/c1-6(10(16)17)14-11(18)15-9-3-2-8(12)4-7(9)5-13/h2-4,6H,1H3,(H,16,17)(H2,14,15,18). The number of anilines is 1. The second-order valence-electron chi connectivity index (χ2n) is 3.46. The molecular weight excluding hydrogens is 302 g/mol. The Balaban J connectivity index is 2.77. The van der Waals surface area contributed by atoms with Gasteiger partial charge in [-0.25, -0.2) is 4.79 Å². The molecule has 0 saturated heterocycles. The van der Waals surface area contributed by atoms with Gasteiger partial charge in [-0.15, -0.1) is 0 Å². The molecule has 0 heterocycles. The summed E-state index contributed by atoms with van der Waals surface area (Å²) in [5.74, 6) is -1.14. The van der Waals surface area contributed by atoms with Crippen molar-refractivity contribution in [1.82, 2.24) is 5.32 Å². The van der Waals surface area contributed by atoms with E-state index >= 15 is 0 Å². The van der Waals surface area contributed by atoms with E-state index in [9.17, 15) is 9.59 Å². The van der Waals surface area contributed by atoms with Gasteiger partial charge in [-0.1, -0.05) is 15.9 Å². The first-order valence-corrected chi connectivity index (χ1v) is 5.73. The minimum absolute atomic E-state index is 0.280. The maximum absolute atomic E-state index is 11.5. The van der Waals surface area contributed by atoms with Crippen molar-refractivity contribution in [3.05, 3.63) is 28.2 Å². The molecule has 1 aromatic rings. The van der Waals surface area contributed by atoms with Crippen LogP contribution in [-0.2, 0) is 4.79 Å². The van der Waals surface area contributed by atoms with Gasteiger partial charge in [-0.2, -0.15) is 5.26 Å². The number of carboxylic acids is 1. The summed E-state index contributed by atoms with van der Waals surface area (Å²) in [5, 5.41) is 22.2. The Morgan fingerprint density at radius 3 is 2.72 bits per heavy atom. The van der Waals surface area contributed by atoms with E-state index < -0.39 is 18.0 Å². The molecule has 7 heteroatoms. The van der Waals surface area contributed by atoms with E-state index in [0.717, 1.165) is 0 Å². The maximum atomic E-state index is 11.5. The molecule has 3 N–H and O–H groups in total. The van der Waals surface area contributed by atoms with Crippen LogP contribution in [0.15, 0.2) is 22.7 Å². The number of halogens is 1. The predicted molar refractivity (Wildman–Crippen MR) is 68.1 cm³/mol. The Hall–Kier alpha value is -2.07. The monoisotopic (exact) mass is 311 g/mol. The van der Waals surface area contributed by atoms with Crippen LogP contribution in [0.1, 0.15) is 12.5 Å². The summed E-state index contributed by atoms with van der Waals surface area (Å²) in [4.78, 5) is 22.0. The molecule has 1 rings (SSSR count). The van der Waals surface area contributed by atoms with Crippen LogP contribution in [0.2, 0.25) is 0 Å². The Labute approximate surface area is 112 Å². The zero-order chi connectivity index (χ0) is 13.7. The van der Waals surface area contributed by atoms with E-state index in [2.05, 4.69) is 26.6 Å². The first kappa shape index (κ1) is 14.0. The molecule has 0 saturated carbocycles. The molecule has 0 spiro atoms. The average Bonchev–Trinajstić information content (AvgIpc) is 2.31. The number of hydrogen-bond acceptors (Lipinski definition) is 3. The van der Waals surface area contributed by atoms with Gasteiger partial charge >= 0.3 is 12.0 Å². The number of nitrogens with zero attached hydrogens (tertiary/aromatic N) is 1. The molecule has 0 aliphatic carbocycles. The lowest BCUT2D eigenvalue weighted by atomic mass is 10.2. The number of amides is 2. The molecule has 0 aromatic heterocycles. The molecule has 1 unspecified atom stereocenters. The fraction of sp³-hybridized carbons (Fsp3) is 0.182. The second kappa shape index (κ2) is 6.02. The number of urea groups is 1. The number of carbonyl (C=O) groups is 2. The van der Waals surface area contributed by atoms with Crippen molar-refractivity contribution in [2.75, 3.05) is 5.32 Å². The molecule has 0 radical (unpaired) electrons. The number of carboxylic acid groups (broad SMARTS) is 1. The SMILES string of the molecule is CC(NC(=O)Nc1ccc(Br)cc1C#N)C(=O)O. The number of nitrogens with one attached hydrogen (secondary N) is 2. The summed E-state index contributed by atoms with van der Waals surface area (Å²) in [5.41, 5.74) is 0.596. The highest BCUT2D eigenvalue weighted by Crippen LogP contribution is 2.20. The lowest BCUT2D eigenvalue weighted by molar-refractivity contribution is -0.138. The third kappa shape index (κ3) is 3.75. The van der Waals surface area contributed by atoms with Crippen molar-refractivity contribution in [3.8, 4) is 6.07 Å². The van der Waals surface area contributed by atoms with Crippen LogP contribution in [0.3, 0.4) is 0 Å². The first-order chi connectivity index (χ1) is 8.43. The van der Waals surface area contributed by atoms with Crippen LogP contribution in [-0.4, -0.2) is 23.1 Å². The average molecular weight is 312 g/mol. The minimum Gasteiger partial charge on any atom is -0.480 e. The second-order valence-corrected chi connectivity index (χ2v) is 4.38. The van der Waals surface area contributed by atoms with E-state index in [-0.39, 0.29) is 5.56 Å². The Morgan fingerprint density at radius 2 is 2.17 bits per heavy atom. The number of hydrogen-bond donors (Lipinski definition) is 3. The van der Waals surface area contributed by atoms with Crippen molar-refractivity contribution in [3.63, 3.8) is 0 Å². The van der Waals surface area contributed by atoms with Crippen LogP contribution < -0.4 is 10.6 Å². The zero-order valence-electron chi connectivity index (χ0n) is 9.40. The highest BCUT2D eigenvalue weighted by Gasteiger charge is 2.14. The van der Waals surface area contributed by atoms with Gasteiger partial charge in [0.15, 0.2) is 0 Å². The molecule has 1 atom stereocenters. The third-order valence-corrected chi connectivity index (χ3v) is 2.56. The molecular formula is C11H10BrN3O3. The molecule has 94 valence electrons. The Kier molecular flexibility index (Phi) is 4.68. The van der Waals surface area contributed by atoms with Crippen molar-refractivity contribution in [1.29, 1.82) is 5.26 Å². The smallest absolute Gasteiger partial charge is 0.325 e. The molecule has 0 aliphatic rings. The van der Waals surface area contributed by atoms with Gasteiger partial charge < -0.3 is 15.7 Å². The molecule has 6 nitrogen and oxygen atoms in total. The number of carbonyl (C=O) groups excluding carboxylic acids is 1. The normalized spacial score (nSPS) is 11.2. The Morgan fingerprint density at radius 1 is 1.50 bits per heavy atom. The van der Waals surface area contributed by atoms with Crippen molar-refractivity contribution in [2.24, 2.45) is 0 Å². The summed E-state index contributed by atoms with van der Waals surface area (Å²) in [6.45, 7) is 1.34. The molecule has 2 amide bonds. The van der Waals surface area contributed by atoms with Crippen LogP contribution in [0, 0.1) is 11.3 Å². The summed E-state index contributed by atoms with van der Waals surface area (Å²) in [6, 6.07) is 5.01. The predicted octanol–water partition coefficient (Wildman–Crippen LogP) is 1.92. The Bertz CT molecular complexity index is 525. The van der Waals surface area contributed by atoms with E-state index in [1.165, 1.54) is 6.92 Å². The molecule has 0 bridgehead atoms.